The van der Waals surface area contributed by atoms with Gasteiger partial charge in [0.2, 0.25) is 11.8 Å². The van der Waals surface area contributed by atoms with Crippen molar-refractivity contribution in [2.45, 2.75) is 59.5 Å². The molecule has 0 aromatic heterocycles. The van der Waals surface area contributed by atoms with Gasteiger partial charge in [-0.15, -0.1) is 0 Å². The van der Waals surface area contributed by atoms with E-state index in [9.17, 15) is 9.59 Å². The molecule has 0 radical (unpaired) electrons. The standard InChI is InChI=1S/C24H38N6O3/c1-23(2,16-33-17-24(3,4)15-28-29-26)14-27-22(32)20-6-5-11-30(20)21(31)12-18-7-9-19(13-25)10-8-18/h7-10,20H,5-6,11-17,25H2,1-4H3,(H,27,32)/t20-/m1/s1. The molecule has 1 aromatic rings. The van der Waals surface area contributed by atoms with Crippen LogP contribution >= 0.6 is 0 Å². The van der Waals surface area contributed by atoms with Gasteiger partial charge in [0, 0.05) is 36.5 Å². The van der Waals surface area contributed by atoms with E-state index in [1.54, 1.807) is 4.90 Å². The highest BCUT2D eigenvalue weighted by atomic mass is 16.5. The molecule has 1 aliphatic heterocycles. The van der Waals surface area contributed by atoms with Gasteiger partial charge in [-0.05, 0) is 34.9 Å². The van der Waals surface area contributed by atoms with Crippen LogP contribution in [-0.2, 0) is 27.3 Å². The minimum absolute atomic E-state index is 0.0296. The number of carbonyl (C=O) groups excluding carboxylic acids is 2. The molecule has 182 valence electrons. The van der Waals surface area contributed by atoms with Gasteiger partial charge in [0.05, 0.1) is 19.6 Å². The number of nitrogens with one attached hydrogen (secondary N) is 1. The molecule has 1 fully saturated rings. The second-order valence-electron chi connectivity index (χ2n) is 10.4. The van der Waals surface area contributed by atoms with Crippen molar-refractivity contribution in [3.63, 3.8) is 0 Å². The van der Waals surface area contributed by atoms with Crippen molar-refractivity contribution in [1.82, 2.24) is 10.2 Å². The molecule has 0 bridgehead atoms. The van der Waals surface area contributed by atoms with E-state index in [0.29, 0.717) is 45.8 Å². The van der Waals surface area contributed by atoms with Crippen LogP contribution < -0.4 is 11.1 Å². The highest BCUT2D eigenvalue weighted by Crippen LogP contribution is 2.22. The fourth-order valence-electron chi connectivity index (χ4n) is 3.77. The summed E-state index contributed by atoms with van der Waals surface area (Å²) in [6, 6.07) is 7.27. The second-order valence-corrected chi connectivity index (χ2v) is 10.4. The minimum Gasteiger partial charge on any atom is -0.380 e. The summed E-state index contributed by atoms with van der Waals surface area (Å²) in [4.78, 5) is 30.3. The third kappa shape index (κ3) is 8.68. The molecule has 1 atom stereocenters. The Kier molecular flexibility index (Phi) is 9.70. The summed E-state index contributed by atoms with van der Waals surface area (Å²) in [7, 11) is 0. The lowest BCUT2D eigenvalue weighted by atomic mass is 9.93. The molecule has 0 unspecified atom stereocenters. The molecule has 9 nitrogen and oxygen atoms in total. The van der Waals surface area contributed by atoms with E-state index in [1.165, 1.54) is 0 Å². The van der Waals surface area contributed by atoms with Gasteiger partial charge < -0.3 is 20.7 Å². The van der Waals surface area contributed by atoms with Gasteiger partial charge in [-0.3, -0.25) is 9.59 Å². The van der Waals surface area contributed by atoms with Gasteiger partial charge in [-0.25, -0.2) is 0 Å². The summed E-state index contributed by atoms with van der Waals surface area (Å²) in [5.74, 6) is -0.144. The lowest BCUT2D eigenvalue weighted by Gasteiger charge is -2.30. The molecule has 1 aliphatic rings. The number of hydrogen-bond donors (Lipinski definition) is 2. The van der Waals surface area contributed by atoms with E-state index in [-0.39, 0.29) is 29.1 Å². The number of nitrogens with zero attached hydrogens (tertiary/aromatic N) is 4. The number of hydrogen-bond acceptors (Lipinski definition) is 5. The van der Waals surface area contributed by atoms with Crippen LogP contribution in [0.1, 0.15) is 51.7 Å². The Labute approximate surface area is 196 Å². The van der Waals surface area contributed by atoms with Crippen LogP contribution in [0.15, 0.2) is 29.4 Å². The first-order valence-corrected chi connectivity index (χ1v) is 11.5. The van der Waals surface area contributed by atoms with Crippen LogP contribution in [0.2, 0.25) is 0 Å². The van der Waals surface area contributed by atoms with Crippen LogP contribution in [-0.4, -0.2) is 55.6 Å². The smallest absolute Gasteiger partial charge is 0.242 e. The first kappa shape index (κ1) is 26.6. The number of azide groups is 1. The summed E-state index contributed by atoms with van der Waals surface area (Å²) in [5.41, 5.74) is 15.5. The molecule has 0 saturated carbocycles. The number of rotatable bonds is 12. The third-order valence-electron chi connectivity index (χ3n) is 5.78. The average Bonchev–Trinajstić information content (AvgIpc) is 3.27. The molecule has 0 aliphatic carbocycles. The molecule has 33 heavy (non-hydrogen) atoms. The van der Waals surface area contributed by atoms with E-state index in [0.717, 1.165) is 17.5 Å². The number of benzene rings is 1. The van der Waals surface area contributed by atoms with Crippen molar-refractivity contribution in [3.05, 3.63) is 45.8 Å². The lowest BCUT2D eigenvalue weighted by molar-refractivity contribution is -0.138. The molecular formula is C24H38N6O3. The predicted octanol–water partition coefficient (Wildman–Crippen LogP) is 3.17. The van der Waals surface area contributed by atoms with Crippen molar-refractivity contribution >= 4 is 11.8 Å². The molecule has 3 N–H and O–H groups in total. The predicted molar refractivity (Wildman–Crippen MR) is 128 cm³/mol. The first-order valence-electron chi connectivity index (χ1n) is 11.5. The number of ether oxygens (including phenoxy) is 1. The fourth-order valence-corrected chi connectivity index (χ4v) is 3.77. The van der Waals surface area contributed by atoms with E-state index in [4.69, 9.17) is 16.0 Å². The Morgan fingerprint density at radius 3 is 2.45 bits per heavy atom. The summed E-state index contributed by atoms with van der Waals surface area (Å²) in [5, 5.41) is 6.64. The van der Waals surface area contributed by atoms with Crippen LogP contribution in [0.25, 0.3) is 10.4 Å². The van der Waals surface area contributed by atoms with Gasteiger partial charge in [0.15, 0.2) is 0 Å². The highest BCUT2D eigenvalue weighted by molar-refractivity contribution is 5.89. The molecule has 2 amide bonds. The van der Waals surface area contributed by atoms with Crippen molar-refractivity contribution in [1.29, 1.82) is 0 Å². The van der Waals surface area contributed by atoms with Crippen LogP contribution in [0.5, 0.6) is 0 Å². The molecule has 0 spiro atoms. The van der Waals surface area contributed by atoms with Gasteiger partial charge in [0.1, 0.15) is 6.04 Å². The molecule has 9 heteroatoms. The Morgan fingerprint density at radius 1 is 1.18 bits per heavy atom. The zero-order valence-corrected chi connectivity index (χ0v) is 20.3. The number of carbonyl (C=O) groups is 2. The van der Waals surface area contributed by atoms with Crippen LogP contribution in [0, 0.1) is 10.8 Å². The maximum atomic E-state index is 12.9. The third-order valence-corrected chi connectivity index (χ3v) is 5.78. The quantitative estimate of drug-likeness (QED) is 0.283. The number of likely N-dealkylation sites (tertiary alicyclic amines) is 1. The Balaban J connectivity index is 1.83. The van der Waals surface area contributed by atoms with Gasteiger partial charge in [-0.1, -0.05) is 57.1 Å². The molecule has 1 aromatic carbocycles. The van der Waals surface area contributed by atoms with Crippen LogP contribution in [0.3, 0.4) is 0 Å². The summed E-state index contributed by atoms with van der Waals surface area (Å²) in [6.07, 6.45) is 1.77. The van der Waals surface area contributed by atoms with Crippen molar-refractivity contribution in [2.24, 2.45) is 21.7 Å². The zero-order chi connectivity index (χ0) is 24.5. The van der Waals surface area contributed by atoms with Gasteiger partial charge in [0.25, 0.3) is 0 Å². The van der Waals surface area contributed by atoms with E-state index >= 15 is 0 Å². The molecule has 2 rings (SSSR count). The van der Waals surface area contributed by atoms with Gasteiger partial charge >= 0.3 is 0 Å². The largest absolute Gasteiger partial charge is 0.380 e. The zero-order valence-electron chi connectivity index (χ0n) is 20.3. The Hall–Kier alpha value is -2.61. The molecule has 1 saturated heterocycles. The maximum Gasteiger partial charge on any atom is 0.242 e. The topological polar surface area (TPSA) is 133 Å². The van der Waals surface area contributed by atoms with Gasteiger partial charge in [-0.2, -0.15) is 0 Å². The fraction of sp³-hybridized carbons (Fsp3) is 0.667. The van der Waals surface area contributed by atoms with Crippen LogP contribution in [0.4, 0.5) is 0 Å². The van der Waals surface area contributed by atoms with E-state index < -0.39 is 6.04 Å². The highest BCUT2D eigenvalue weighted by Gasteiger charge is 2.34. The molecule has 1 heterocycles. The SMILES string of the molecule is CC(C)(CN=[N+]=[N-])COCC(C)(C)CNC(=O)[C@H]1CCCN1C(=O)Cc1ccc(CN)cc1. The Bertz CT molecular complexity index is 846. The summed E-state index contributed by atoms with van der Waals surface area (Å²) < 4.78 is 5.85. The van der Waals surface area contributed by atoms with Crippen molar-refractivity contribution in [3.8, 4) is 0 Å². The van der Waals surface area contributed by atoms with Crippen molar-refractivity contribution < 1.29 is 14.3 Å². The number of amides is 2. The monoisotopic (exact) mass is 458 g/mol. The summed E-state index contributed by atoms with van der Waals surface area (Å²) in [6.45, 7) is 10.8. The summed E-state index contributed by atoms with van der Waals surface area (Å²) >= 11 is 0. The lowest BCUT2D eigenvalue weighted by Crippen LogP contribution is -2.48. The van der Waals surface area contributed by atoms with E-state index in [2.05, 4.69) is 15.3 Å². The first-order chi connectivity index (χ1) is 15.6. The number of nitrogens with two attached hydrogens (primary N) is 1. The average molecular weight is 459 g/mol. The van der Waals surface area contributed by atoms with Crippen molar-refractivity contribution in [2.75, 3.05) is 32.8 Å². The molecular weight excluding hydrogens is 420 g/mol. The maximum absolute atomic E-state index is 12.9. The Morgan fingerprint density at radius 2 is 1.82 bits per heavy atom. The van der Waals surface area contributed by atoms with E-state index in [1.807, 2.05) is 52.0 Å². The normalized spacial score (nSPS) is 16.4. The minimum atomic E-state index is -0.430. The second kappa shape index (κ2) is 12.0.